The lowest BCUT2D eigenvalue weighted by atomic mass is 9.82. The molecule has 4 N–H and O–H groups in total. The fourth-order valence-corrected chi connectivity index (χ4v) is 4.06. The Bertz CT molecular complexity index is 1030. The van der Waals surface area contributed by atoms with Crippen LogP contribution in [0.25, 0.3) is 11.3 Å². The maximum Gasteiger partial charge on any atom is 0.225 e. The maximum absolute atomic E-state index is 13.4. The molecule has 6 nitrogen and oxygen atoms in total. The minimum Gasteiger partial charge on any atom is -0.369 e. The van der Waals surface area contributed by atoms with Gasteiger partial charge in [-0.25, -0.2) is 9.37 Å². The number of carbonyl (C=O) groups excluding carboxylic acids is 1. The molecule has 2 aromatic carbocycles. The van der Waals surface area contributed by atoms with Crippen LogP contribution in [0.1, 0.15) is 31.2 Å². The molecule has 1 heterocycles. The highest BCUT2D eigenvalue weighted by Crippen LogP contribution is 2.29. The van der Waals surface area contributed by atoms with Crippen molar-refractivity contribution in [2.75, 3.05) is 17.2 Å². The number of anilines is 2. The van der Waals surface area contributed by atoms with Crippen LogP contribution < -0.4 is 16.4 Å². The molecule has 0 bridgehead atoms. The summed E-state index contributed by atoms with van der Waals surface area (Å²) < 4.78 is 13.4. The number of nitrogens with zero attached hydrogens (tertiary/aromatic N) is 2. The van der Waals surface area contributed by atoms with Gasteiger partial charge in [0.2, 0.25) is 11.9 Å². The van der Waals surface area contributed by atoms with Gasteiger partial charge in [0.05, 0.1) is 5.69 Å². The molecule has 32 heavy (non-hydrogen) atoms. The molecule has 0 atom stereocenters. The molecule has 1 saturated carbocycles. The molecule has 3 aromatic rings. The first-order valence-electron chi connectivity index (χ1n) is 11.0. The predicted octanol–water partition coefficient (Wildman–Crippen LogP) is 4.60. The van der Waals surface area contributed by atoms with Crippen molar-refractivity contribution in [2.24, 2.45) is 17.6 Å². The number of carbonyl (C=O) groups is 1. The number of hydrogen-bond acceptors (Lipinski definition) is 5. The molecule has 1 aliphatic rings. The summed E-state index contributed by atoms with van der Waals surface area (Å²) in [6, 6.07) is 18.3. The van der Waals surface area contributed by atoms with Crippen LogP contribution in [0.2, 0.25) is 0 Å². The fourth-order valence-electron chi connectivity index (χ4n) is 4.06. The topological polar surface area (TPSA) is 92.9 Å². The molecule has 7 heteroatoms. The molecule has 166 valence electrons. The van der Waals surface area contributed by atoms with Gasteiger partial charge in [0, 0.05) is 30.6 Å². The van der Waals surface area contributed by atoms with E-state index in [-0.39, 0.29) is 17.6 Å². The van der Waals surface area contributed by atoms with E-state index in [1.165, 1.54) is 12.1 Å². The van der Waals surface area contributed by atoms with Crippen LogP contribution in [0.3, 0.4) is 0 Å². The lowest BCUT2D eigenvalue weighted by molar-refractivity contribution is -0.122. The van der Waals surface area contributed by atoms with E-state index in [1.807, 2.05) is 24.3 Å². The van der Waals surface area contributed by atoms with Gasteiger partial charge in [-0.3, -0.25) is 4.79 Å². The van der Waals surface area contributed by atoms with Gasteiger partial charge in [-0.15, -0.1) is 0 Å². The first-order valence-corrected chi connectivity index (χ1v) is 11.0. The number of amides is 1. The second-order valence-electron chi connectivity index (χ2n) is 8.31. The average molecular weight is 434 g/mol. The summed E-state index contributed by atoms with van der Waals surface area (Å²) in [5.74, 6) is 1.20. The molecular weight excluding hydrogens is 405 g/mol. The highest BCUT2D eigenvalue weighted by atomic mass is 19.1. The number of halogens is 1. The van der Waals surface area contributed by atoms with Crippen LogP contribution in [0.5, 0.6) is 0 Å². The molecule has 4 rings (SSSR count). The Morgan fingerprint density at radius 1 is 0.969 bits per heavy atom. The molecule has 0 aliphatic heterocycles. The largest absolute Gasteiger partial charge is 0.369 e. The minimum absolute atomic E-state index is 0.00177. The lowest BCUT2D eigenvalue weighted by Crippen LogP contribution is -2.29. The maximum atomic E-state index is 13.4. The van der Waals surface area contributed by atoms with Crippen LogP contribution in [0.15, 0.2) is 60.7 Å². The van der Waals surface area contributed by atoms with Gasteiger partial charge in [-0.2, -0.15) is 4.98 Å². The molecule has 1 aromatic heterocycles. The summed E-state index contributed by atoms with van der Waals surface area (Å²) in [5.41, 5.74) is 8.13. The van der Waals surface area contributed by atoms with Crippen LogP contribution >= 0.6 is 0 Å². The summed E-state index contributed by atoms with van der Waals surface area (Å²) >= 11 is 0. The zero-order valence-corrected chi connectivity index (χ0v) is 17.9. The number of benzene rings is 2. The number of hydrogen-bond donors (Lipinski definition) is 3. The Morgan fingerprint density at radius 2 is 1.69 bits per heavy atom. The third kappa shape index (κ3) is 5.81. The van der Waals surface area contributed by atoms with Crippen molar-refractivity contribution in [3.05, 3.63) is 72.0 Å². The Labute approximate surface area is 187 Å². The van der Waals surface area contributed by atoms with Crippen molar-refractivity contribution in [1.29, 1.82) is 0 Å². The SMILES string of the molecule is NC(=O)C1CCC(CNc2nc(NCc3ccccc3)cc(-c3ccc(F)cc3)n2)CC1. The number of primary amides is 1. The molecule has 0 radical (unpaired) electrons. The zero-order chi connectivity index (χ0) is 22.3. The van der Waals surface area contributed by atoms with Crippen molar-refractivity contribution in [3.63, 3.8) is 0 Å². The van der Waals surface area contributed by atoms with Crippen LogP contribution in [0, 0.1) is 17.7 Å². The highest BCUT2D eigenvalue weighted by Gasteiger charge is 2.24. The van der Waals surface area contributed by atoms with Crippen LogP contribution in [0.4, 0.5) is 16.2 Å². The standard InChI is InChI=1S/C25H28FN5O/c26-21-12-10-19(11-13-21)22-14-23(28-15-17-4-2-1-3-5-17)31-25(30-22)29-16-18-6-8-20(9-7-18)24(27)32/h1-5,10-14,18,20H,6-9,15-16H2,(H2,27,32)(H2,28,29,30,31). The number of aromatic nitrogens is 2. The highest BCUT2D eigenvalue weighted by molar-refractivity contribution is 5.76. The monoisotopic (exact) mass is 433 g/mol. The number of nitrogens with one attached hydrogen (secondary N) is 2. The van der Waals surface area contributed by atoms with E-state index in [0.717, 1.165) is 49.0 Å². The minimum atomic E-state index is -0.282. The van der Waals surface area contributed by atoms with Gasteiger partial charge in [0.25, 0.3) is 0 Å². The van der Waals surface area contributed by atoms with E-state index in [2.05, 4.69) is 32.7 Å². The zero-order valence-electron chi connectivity index (χ0n) is 17.9. The summed E-state index contributed by atoms with van der Waals surface area (Å²) in [4.78, 5) is 20.7. The molecule has 0 unspecified atom stereocenters. The first-order chi connectivity index (χ1) is 15.6. The van der Waals surface area contributed by atoms with Crippen molar-refractivity contribution in [3.8, 4) is 11.3 Å². The van der Waals surface area contributed by atoms with Gasteiger partial charge < -0.3 is 16.4 Å². The molecule has 1 fully saturated rings. The molecule has 1 aliphatic carbocycles. The Morgan fingerprint density at radius 3 is 2.38 bits per heavy atom. The normalized spacial score (nSPS) is 18.2. The lowest BCUT2D eigenvalue weighted by Gasteiger charge is -2.26. The van der Waals surface area contributed by atoms with Gasteiger partial charge in [0.15, 0.2) is 0 Å². The Kier molecular flexibility index (Phi) is 6.94. The van der Waals surface area contributed by atoms with Gasteiger partial charge >= 0.3 is 0 Å². The van der Waals surface area contributed by atoms with E-state index in [4.69, 9.17) is 5.73 Å². The van der Waals surface area contributed by atoms with E-state index >= 15 is 0 Å². The second kappa shape index (κ2) is 10.2. The van der Waals surface area contributed by atoms with Crippen molar-refractivity contribution < 1.29 is 9.18 Å². The third-order valence-corrected chi connectivity index (χ3v) is 5.98. The number of nitrogens with two attached hydrogens (primary N) is 1. The number of rotatable bonds is 8. The van der Waals surface area contributed by atoms with E-state index < -0.39 is 0 Å². The van der Waals surface area contributed by atoms with E-state index in [0.29, 0.717) is 24.2 Å². The van der Waals surface area contributed by atoms with Gasteiger partial charge in [0.1, 0.15) is 11.6 Å². The molecule has 1 amide bonds. The van der Waals surface area contributed by atoms with E-state index in [9.17, 15) is 9.18 Å². The smallest absolute Gasteiger partial charge is 0.225 e. The summed E-state index contributed by atoms with van der Waals surface area (Å²) in [6.45, 7) is 1.37. The van der Waals surface area contributed by atoms with Crippen LogP contribution in [-0.2, 0) is 11.3 Å². The van der Waals surface area contributed by atoms with Crippen LogP contribution in [-0.4, -0.2) is 22.4 Å². The summed E-state index contributed by atoms with van der Waals surface area (Å²) in [7, 11) is 0. The quantitative estimate of drug-likeness (QED) is 0.483. The molecule has 0 spiro atoms. The van der Waals surface area contributed by atoms with Gasteiger partial charge in [-0.1, -0.05) is 30.3 Å². The third-order valence-electron chi connectivity index (χ3n) is 5.98. The summed E-state index contributed by atoms with van der Waals surface area (Å²) in [5, 5.41) is 6.73. The predicted molar refractivity (Wildman–Crippen MR) is 124 cm³/mol. The molecular formula is C25H28FN5O. The fraction of sp³-hybridized carbons (Fsp3) is 0.320. The average Bonchev–Trinajstić information content (AvgIpc) is 2.83. The first kappa shape index (κ1) is 21.7. The van der Waals surface area contributed by atoms with Crippen molar-refractivity contribution in [1.82, 2.24) is 9.97 Å². The second-order valence-corrected chi connectivity index (χ2v) is 8.31. The van der Waals surface area contributed by atoms with Crippen molar-refractivity contribution in [2.45, 2.75) is 32.2 Å². The van der Waals surface area contributed by atoms with Gasteiger partial charge in [-0.05, 0) is 61.4 Å². The molecule has 0 saturated heterocycles. The van der Waals surface area contributed by atoms with Crippen molar-refractivity contribution >= 4 is 17.7 Å². The summed E-state index contributed by atoms with van der Waals surface area (Å²) in [6.07, 6.45) is 3.58. The Hall–Kier alpha value is -3.48. The Balaban J connectivity index is 1.48. The van der Waals surface area contributed by atoms with E-state index in [1.54, 1.807) is 12.1 Å².